The van der Waals surface area contributed by atoms with Crippen LogP contribution in [0.5, 0.6) is 11.5 Å². The molecule has 0 spiro atoms. The van der Waals surface area contributed by atoms with E-state index in [-0.39, 0.29) is 11.8 Å². The Morgan fingerprint density at radius 1 is 1.18 bits per heavy atom. The van der Waals surface area contributed by atoms with Crippen molar-refractivity contribution in [1.29, 1.82) is 0 Å². The molecular formula is C21H26N2O4S. The van der Waals surface area contributed by atoms with E-state index >= 15 is 0 Å². The number of amides is 2. The normalized spacial score (nSPS) is 14.0. The molecule has 1 aliphatic rings. The van der Waals surface area contributed by atoms with Gasteiger partial charge < -0.3 is 20.1 Å². The summed E-state index contributed by atoms with van der Waals surface area (Å²) in [6.07, 6.45) is 3.27. The van der Waals surface area contributed by atoms with Gasteiger partial charge in [-0.3, -0.25) is 9.59 Å². The smallest absolute Gasteiger partial charge is 0.265 e. The van der Waals surface area contributed by atoms with E-state index in [9.17, 15) is 9.59 Å². The number of hydrogen-bond acceptors (Lipinski definition) is 5. The van der Waals surface area contributed by atoms with E-state index < -0.39 is 6.10 Å². The van der Waals surface area contributed by atoms with E-state index in [2.05, 4.69) is 10.6 Å². The maximum Gasteiger partial charge on any atom is 0.265 e. The molecule has 1 aromatic carbocycles. The third kappa shape index (κ3) is 4.30. The lowest BCUT2D eigenvalue weighted by molar-refractivity contribution is -0.122. The summed E-state index contributed by atoms with van der Waals surface area (Å²) in [4.78, 5) is 26.6. The topological polar surface area (TPSA) is 76.7 Å². The average molecular weight is 403 g/mol. The molecule has 2 N–H and O–H groups in total. The highest BCUT2D eigenvalue weighted by Crippen LogP contribution is 2.38. The van der Waals surface area contributed by atoms with Crippen molar-refractivity contribution in [2.24, 2.45) is 0 Å². The van der Waals surface area contributed by atoms with Crippen LogP contribution in [-0.4, -0.2) is 31.6 Å². The van der Waals surface area contributed by atoms with Gasteiger partial charge in [0.1, 0.15) is 5.00 Å². The van der Waals surface area contributed by atoms with E-state index in [0.29, 0.717) is 28.6 Å². The van der Waals surface area contributed by atoms with Crippen LogP contribution in [0.15, 0.2) is 24.3 Å². The largest absolute Gasteiger partial charge is 0.493 e. The Bertz CT molecular complexity index is 862. The monoisotopic (exact) mass is 402 g/mol. The van der Waals surface area contributed by atoms with Crippen LogP contribution in [0.4, 0.5) is 5.00 Å². The van der Waals surface area contributed by atoms with Gasteiger partial charge in [0.2, 0.25) is 0 Å². The van der Waals surface area contributed by atoms with Gasteiger partial charge in [-0.1, -0.05) is 12.1 Å². The van der Waals surface area contributed by atoms with Crippen molar-refractivity contribution in [3.8, 4) is 11.5 Å². The van der Waals surface area contributed by atoms with Crippen LogP contribution < -0.4 is 20.1 Å². The molecule has 0 saturated carbocycles. The molecule has 1 unspecified atom stereocenters. The van der Waals surface area contributed by atoms with Crippen molar-refractivity contribution in [2.75, 3.05) is 19.0 Å². The predicted octanol–water partition coefficient (Wildman–Crippen LogP) is 3.79. The van der Waals surface area contributed by atoms with Crippen molar-refractivity contribution >= 4 is 28.2 Å². The Morgan fingerprint density at radius 3 is 2.61 bits per heavy atom. The second-order valence-corrected chi connectivity index (χ2v) is 7.78. The number of ether oxygens (including phenoxy) is 2. The quantitative estimate of drug-likeness (QED) is 0.739. The molecule has 150 valence electrons. The second kappa shape index (κ2) is 9.10. The number of methoxy groups -OCH3 is 1. The van der Waals surface area contributed by atoms with Crippen LogP contribution in [0.3, 0.4) is 0 Å². The molecule has 1 aliphatic carbocycles. The van der Waals surface area contributed by atoms with Gasteiger partial charge >= 0.3 is 0 Å². The fourth-order valence-electron chi connectivity index (χ4n) is 3.32. The lowest BCUT2D eigenvalue weighted by Gasteiger charge is -2.17. The highest BCUT2D eigenvalue weighted by Gasteiger charge is 2.27. The summed E-state index contributed by atoms with van der Waals surface area (Å²) in [5, 5.41) is 6.39. The second-order valence-electron chi connectivity index (χ2n) is 6.67. The lowest BCUT2D eigenvalue weighted by Crippen LogP contribution is -2.31. The minimum absolute atomic E-state index is 0.129. The number of rotatable bonds is 7. The third-order valence-electron chi connectivity index (χ3n) is 4.71. The lowest BCUT2D eigenvalue weighted by atomic mass is 9.95. The number of fused-ring (bicyclic) bond motifs is 1. The van der Waals surface area contributed by atoms with Gasteiger partial charge in [-0.2, -0.15) is 0 Å². The average Bonchev–Trinajstić information content (AvgIpc) is 3.06. The van der Waals surface area contributed by atoms with Gasteiger partial charge in [0, 0.05) is 11.4 Å². The van der Waals surface area contributed by atoms with Crippen LogP contribution in [0.2, 0.25) is 0 Å². The molecule has 0 fully saturated rings. The van der Waals surface area contributed by atoms with Crippen LogP contribution >= 0.6 is 11.3 Å². The van der Waals surface area contributed by atoms with Crippen LogP contribution in [0.1, 0.15) is 47.5 Å². The highest BCUT2D eigenvalue weighted by atomic mass is 32.1. The number of thiophene rings is 1. The number of nitrogens with one attached hydrogen (secondary N) is 2. The SMILES string of the molecule is CCNC(=O)c1c(NC(=O)C(C)Oc2ccccc2OC)sc2c1CCCC2. The summed E-state index contributed by atoms with van der Waals surface area (Å²) >= 11 is 1.50. The molecule has 2 aromatic rings. The third-order valence-corrected chi connectivity index (χ3v) is 5.92. The van der Waals surface area contributed by atoms with Gasteiger partial charge in [0.05, 0.1) is 12.7 Å². The zero-order chi connectivity index (χ0) is 20.1. The zero-order valence-corrected chi connectivity index (χ0v) is 17.3. The number of benzene rings is 1. The number of carbonyl (C=O) groups excluding carboxylic acids is 2. The van der Waals surface area contributed by atoms with E-state index in [0.717, 1.165) is 31.2 Å². The van der Waals surface area contributed by atoms with Crippen LogP contribution in [-0.2, 0) is 17.6 Å². The maximum absolute atomic E-state index is 12.8. The Kier molecular flexibility index (Phi) is 6.57. The first kappa shape index (κ1) is 20.2. The van der Waals surface area contributed by atoms with Crippen molar-refractivity contribution in [2.45, 2.75) is 45.6 Å². The van der Waals surface area contributed by atoms with Gasteiger partial charge in [-0.05, 0) is 57.2 Å². The predicted molar refractivity (Wildman–Crippen MR) is 111 cm³/mol. The molecule has 1 aromatic heterocycles. The summed E-state index contributed by atoms with van der Waals surface area (Å²) in [5.74, 6) is 0.643. The summed E-state index contributed by atoms with van der Waals surface area (Å²) in [6, 6.07) is 7.20. The molecule has 0 bridgehead atoms. The van der Waals surface area contributed by atoms with E-state index in [1.54, 1.807) is 26.2 Å². The summed E-state index contributed by atoms with van der Waals surface area (Å²) in [5.41, 5.74) is 1.69. The van der Waals surface area contributed by atoms with Gasteiger partial charge in [-0.15, -0.1) is 11.3 Å². The van der Waals surface area contributed by atoms with Crippen LogP contribution in [0.25, 0.3) is 0 Å². The van der Waals surface area contributed by atoms with Gasteiger partial charge in [0.25, 0.3) is 11.8 Å². The van der Waals surface area contributed by atoms with E-state index in [1.807, 2.05) is 19.1 Å². The summed E-state index contributed by atoms with van der Waals surface area (Å²) in [6.45, 7) is 4.11. The number of anilines is 1. The molecule has 1 heterocycles. The molecule has 3 rings (SSSR count). The number of aryl methyl sites for hydroxylation is 1. The maximum atomic E-state index is 12.8. The van der Waals surface area contributed by atoms with Gasteiger partial charge in [-0.25, -0.2) is 0 Å². The Hall–Kier alpha value is -2.54. The zero-order valence-electron chi connectivity index (χ0n) is 16.5. The fraction of sp³-hybridized carbons (Fsp3) is 0.429. The van der Waals surface area contributed by atoms with Crippen molar-refractivity contribution < 1.29 is 19.1 Å². The Morgan fingerprint density at radius 2 is 1.89 bits per heavy atom. The molecule has 0 aliphatic heterocycles. The minimum atomic E-state index is -0.738. The van der Waals surface area contributed by atoms with Crippen molar-refractivity contribution in [3.05, 3.63) is 40.3 Å². The standard InChI is InChI=1S/C21H26N2O4S/c1-4-22-20(25)18-14-9-5-8-12-17(14)28-21(18)23-19(24)13(2)27-16-11-7-6-10-15(16)26-3/h6-7,10-11,13H,4-5,8-9,12H2,1-3H3,(H,22,25)(H,23,24). The van der Waals surface area contributed by atoms with Crippen molar-refractivity contribution in [1.82, 2.24) is 5.32 Å². The first-order valence-electron chi connectivity index (χ1n) is 9.58. The number of hydrogen-bond donors (Lipinski definition) is 2. The molecule has 6 nitrogen and oxygen atoms in total. The first-order valence-corrected chi connectivity index (χ1v) is 10.4. The fourth-order valence-corrected chi connectivity index (χ4v) is 4.61. The highest BCUT2D eigenvalue weighted by molar-refractivity contribution is 7.17. The molecule has 2 amide bonds. The molecule has 0 saturated heterocycles. The van der Waals surface area contributed by atoms with Crippen LogP contribution in [0, 0.1) is 0 Å². The number of para-hydroxylation sites is 2. The first-order chi connectivity index (χ1) is 13.5. The molecule has 28 heavy (non-hydrogen) atoms. The van der Waals surface area contributed by atoms with Gasteiger partial charge in [0.15, 0.2) is 17.6 Å². The number of carbonyl (C=O) groups is 2. The van der Waals surface area contributed by atoms with E-state index in [4.69, 9.17) is 9.47 Å². The molecule has 7 heteroatoms. The molecule has 0 radical (unpaired) electrons. The molecular weight excluding hydrogens is 376 g/mol. The van der Waals surface area contributed by atoms with E-state index in [1.165, 1.54) is 16.2 Å². The van der Waals surface area contributed by atoms with Crippen molar-refractivity contribution in [3.63, 3.8) is 0 Å². The Balaban J connectivity index is 1.79. The summed E-state index contributed by atoms with van der Waals surface area (Å²) < 4.78 is 11.1. The Labute approximate surface area is 169 Å². The molecule has 1 atom stereocenters. The minimum Gasteiger partial charge on any atom is -0.493 e. The summed E-state index contributed by atoms with van der Waals surface area (Å²) in [7, 11) is 1.56.